The van der Waals surface area contributed by atoms with Gasteiger partial charge in [0.25, 0.3) is 0 Å². The summed E-state index contributed by atoms with van der Waals surface area (Å²) >= 11 is 0. The van der Waals surface area contributed by atoms with Gasteiger partial charge in [0, 0.05) is 11.1 Å². The molecule has 6 heteroatoms. The number of carbonyl (C=O) groups is 1. The molecule has 0 saturated carbocycles. The van der Waals surface area contributed by atoms with Crippen molar-refractivity contribution in [3.8, 4) is 22.6 Å². The molecule has 0 radical (unpaired) electrons. The fourth-order valence-corrected chi connectivity index (χ4v) is 2.46. The van der Waals surface area contributed by atoms with Gasteiger partial charge in [-0.25, -0.2) is 4.79 Å². The zero-order chi connectivity index (χ0) is 17.1. The number of aromatic carboxylic acids is 1. The van der Waals surface area contributed by atoms with Gasteiger partial charge in [-0.3, -0.25) is 0 Å². The lowest BCUT2D eigenvalue weighted by atomic mass is 9.98. The van der Waals surface area contributed by atoms with Crippen molar-refractivity contribution < 1.29 is 19.6 Å². The van der Waals surface area contributed by atoms with Crippen molar-refractivity contribution in [2.24, 2.45) is 5.16 Å². The molecular weight excluding hydrogens is 308 g/mol. The summed E-state index contributed by atoms with van der Waals surface area (Å²) in [4.78, 5) is 11.2. The van der Waals surface area contributed by atoms with Gasteiger partial charge in [-0.05, 0) is 19.1 Å². The molecule has 0 spiro atoms. The molecular formula is C18H14N2O4. The molecule has 3 aromatic rings. The van der Waals surface area contributed by atoms with Crippen LogP contribution in [0.15, 0.2) is 64.3 Å². The van der Waals surface area contributed by atoms with Crippen LogP contribution < -0.4 is 0 Å². The Balaban J connectivity index is 2.21. The molecule has 0 bridgehead atoms. The topological polar surface area (TPSA) is 95.9 Å². The SMILES string of the molecule is C/C(=N\O)c1c(-c2cccc(C(=O)O)c2)noc1-c1ccccc1. The van der Waals surface area contributed by atoms with Crippen LogP contribution >= 0.6 is 0 Å². The zero-order valence-corrected chi connectivity index (χ0v) is 12.8. The zero-order valence-electron chi connectivity index (χ0n) is 12.8. The lowest BCUT2D eigenvalue weighted by Crippen LogP contribution is -2.00. The van der Waals surface area contributed by atoms with Gasteiger partial charge in [0.05, 0.1) is 16.8 Å². The highest BCUT2D eigenvalue weighted by Gasteiger charge is 2.22. The van der Waals surface area contributed by atoms with E-state index in [0.717, 1.165) is 5.56 Å². The molecule has 3 rings (SSSR count). The van der Waals surface area contributed by atoms with Crippen LogP contribution in [0.3, 0.4) is 0 Å². The van der Waals surface area contributed by atoms with E-state index in [4.69, 9.17) is 9.63 Å². The highest BCUT2D eigenvalue weighted by atomic mass is 16.5. The Bertz CT molecular complexity index is 914. The third-order valence-corrected chi connectivity index (χ3v) is 3.62. The van der Waals surface area contributed by atoms with E-state index in [1.807, 2.05) is 30.3 Å². The van der Waals surface area contributed by atoms with Crippen molar-refractivity contribution in [2.75, 3.05) is 0 Å². The maximum Gasteiger partial charge on any atom is 0.335 e. The first-order chi connectivity index (χ1) is 11.6. The molecule has 0 saturated heterocycles. The number of nitrogens with zero attached hydrogens (tertiary/aromatic N) is 2. The van der Waals surface area contributed by atoms with Crippen LogP contribution in [0.1, 0.15) is 22.8 Å². The molecule has 120 valence electrons. The van der Waals surface area contributed by atoms with Crippen molar-refractivity contribution in [1.82, 2.24) is 5.16 Å². The largest absolute Gasteiger partial charge is 0.478 e. The number of rotatable bonds is 4. The first kappa shape index (κ1) is 15.5. The molecule has 1 aromatic heterocycles. The Morgan fingerprint density at radius 1 is 1.08 bits per heavy atom. The molecule has 0 atom stereocenters. The monoisotopic (exact) mass is 322 g/mol. The Kier molecular flexibility index (Phi) is 4.11. The van der Waals surface area contributed by atoms with Gasteiger partial charge in [0.1, 0.15) is 5.69 Å². The van der Waals surface area contributed by atoms with E-state index in [-0.39, 0.29) is 5.56 Å². The highest BCUT2D eigenvalue weighted by Crippen LogP contribution is 2.33. The summed E-state index contributed by atoms with van der Waals surface area (Å²) in [6.07, 6.45) is 0. The van der Waals surface area contributed by atoms with Gasteiger partial charge < -0.3 is 14.8 Å². The van der Waals surface area contributed by atoms with Crippen LogP contribution in [0.4, 0.5) is 0 Å². The standard InChI is InChI=1S/C18H14N2O4/c1-11(19-23)15-16(13-8-5-9-14(10-13)18(21)22)20-24-17(15)12-6-3-2-4-7-12/h2-10,23H,1H3,(H,21,22)/b19-11+. The number of aromatic nitrogens is 1. The van der Waals surface area contributed by atoms with Crippen LogP contribution in [0.25, 0.3) is 22.6 Å². The first-order valence-corrected chi connectivity index (χ1v) is 7.19. The van der Waals surface area contributed by atoms with E-state index in [0.29, 0.717) is 28.3 Å². The number of hydrogen-bond donors (Lipinski definition) is 2. The summed E-state index contributed by atoms with van der Waals surface area (Å²) < 4.78 is 5.47. The number of carboxylic acids is 1. The first-order valence-electron chi connectivity index (χ1n) is 7.19. The third-order valence-electron chi connectivity index (χ3n) is 3.62. The summed E-state index contributed by atoms with van der Waals surface area (Å²) in [5.41, 5.74) is 2.76. The van der Waals surface area contributed by atoms with Gasteiger partial charge in [-0.1, -0.05) is 52.8 Å². The molecule has 1 heterocycles. The Morgan fingerprint density at radius 2 is 1.79 bits per heavy atom. The molecule has 2 N–H and O–H groups in total. The molecule has 0 amide bonds. The van der Waals surface area contributed by atoms with Crippen LogP contribution in [-0.2, 0) is 0 Å². The maximum absolute atomic E-state index is 11.2. The van der Waals surface area contributed by atoms with E-state index in [9.17, 15) is 10.0 Å². The molecule has 0 aliphatic heterocycles. The second-order valence-electron chi connectivity index (χ2n) is 5.17. The smallest absolute Gasteiger partial charge is 0.335 e. The number of carboxylic acid groups (broad SMARTS) is 1. The average Bonchev–Trinajstić information content (AvgIpc) is 3.07. The number of benzene rings is 2. The van der Waals surface area contributed by atoms with Gasteiger partial charge in [0.15, 0.2) is 5.76 Å². The Morgan fingerprint density at radius 3 is 2.46 bits per heavy atom. The maximum atomic E-state index is 11.2. The van der Waals surface area contributed by atoms with E-state index < -0.39 is 5.97 Å². The molecule has 0 aliphatic carbocycles. The van der Waals surface area contributed by atoms with Crippen LogP contribution in [-0.4, -0.2) is 27.2 Å². The normalized spacial score (nSPS) is 11.5. The minimum absolute atomic E-state index is 0.140. The summed E-state index contributed by atoms with van der Waals surface area (Å²) in [5.74, 6) is -0.570. The van der Waals surface area contributed by atoms with E-state index in [2.05, 4.69) is 10.3 Å². The van der Waals surface area contributed by atoms with Crippen molar-refractivity contribution in [3.05, 3.63) is 65.7 Å². The van der Waals surface area contributed by atoms with Crippen molar-refractivity contribution in [1.29, 1.82) is 0 Å². The molecule has 2 aromatic carbocycles. The molecule has 0 unspecified atom stereocenters. The molecule has 24 heavy (non-hydrogen) atoms. The lowest BCUT2D eigenvalue weighted by Gasteiger charge is -2.04. The van der Waals surface area contributed by atoms with Gasteiger partial charge in [0.2, 0.25) is 0 Å². The van der Waals surface area contributed by atoms with E-state index in [1.165, 1.54) is 12.1 Å². The number of hydrogen-bond acceptors (Lipinski definition) is 5. The number of oxime groups is 1. The summed E-state index contributed by atoms with van der Waals surface area (Å²) in [5, 5.41) is 25.7. The Hall–Kier alpha value is -3.41. The quantitative estimate of drug-likeness (QED) is 0.431. The third kappa shape index (κ3) is 2.77. The van der Waals surface area contributed by atoms with Gasteiger partial charge >= 0.3 is 5.97 Å². The van der Waals surface area contributed by atoms with Gasteiger partial charge in [-0.2, -0.15) is 0 Å². The molecule has 6 nitrogen and oxygen atoms in total. The molecule has 0 fully saturated rings. The average molecular weight is 322 g/mol. The van der Waals surface area contributed by atoms with Gasteiger partial charge in [-0.15, -0.1) is 0 Å². The van der Waals surface area contributed by atoms with Crippen LogP contribution in [0.2, 0.25) is 0 Å². The minimum Gasteiger partial charge on any atom is -0.478 e. The summed E-state index contributed by atoms with van der Waals surface area (Å²) in [6.45, 7) is 1.63. The predicted molar refractivity (Wildman–Crippen MR) is 88.3 cm³/mol. The fourth-order valence-electron chi connectivity index (χ4n) is 2.46. The second kappa shape index (κ2) is 6.37. The highest BCUT2D eigenvalue weighted by molar-refractivity contribution is 6.08. The van der Waals surface area contributed by atoms with Crippen molar-refractivity contribution in [3.63, 3.8) is 0 Å². The van der Waals surface area contributed by atoms with Crippen molar-refractivity contribution >= 4 is 11.7 Å². The summed E-state index contributed by atoms with van der Waals surface area (Å²) in [7, 11) is 0. The van der Waals surface area contributed by atoms with Crippen molar-refractivity contribution in [2.45, 2.75) is 6.92 Å². The molecule has 0 aliphatic rings. The second-order valence-corrected chi connectivity index (χ2v) is 5.17. The summed E-state index contributed by atoms with van der Waals surface area (Å²) in [6, 6.07) is 15.7. The predicted octanol–water partition coefficient (Wildman–Crippen LogP) is 3.91. The lowest BCUT2D eigenvalue weighted by molar-refractivity contribution is 0.0697. The van der Waals surface area contributed by atoms with E-state index >= 15 is 0 Å². The van der Waals surface area contributed by atoms with Crippen LogP contribution in [0, 0.1) is 0 Å². The fraction of sp³-hybridized carbons (Fsp3) is 0.0556. The van der Waals surface area contributed by atoms with Crippen LogP contribution in [0.5, 0.6) is 0 Å². The Labute approximate surface area is 137 Å². The minimum atomic E-state index is -1.03. The van der Waals surface area contributed by atoms with E-state index in [1.54, 1.807) is 19.1 Å².